The summed E-state index contributed by atoms with van der Waals surface area (Å²) in [5.41, 5.74) is 0.358. The number of fused-ring (bicyclic) bond motifs is 1. The highest BCUT2D eigenvalue weighted by atomic mass is 35.5. The molecule has 11 heteroatoms. The van der Waals surface area contributed by atoms with Crippen LogP contribution in [0, 0.1) is 17.5 Å². The molecular weight excluding hydrogens is 409 g/mol. The predicted molar refractivity (Wildman–Crippen MR) is 95.6 cm³/mol. The minimum atomic E-state index is -1.58. The van der Waals surface area contributed by atoms with Gasteiger partial charge >= 0.3 is 0 Å². The van der Waals surface area contributed by atoms with Gasteiger partial charge in [0.2, 0.25) is 0 Å². The van der Waals surface area contributed by atoms with Gasteiger partial charge in [0.25, 0.3) is 5.24 Å². The zero-order valence-electron chi connectivity index (χ0n) is 12.5. The number of rotatable bonds is 2. The summed E-state index contributed by atoms with van der Waals surface area (Å²) in [6, 6.07) is 1.47. The van der Waals surface area contributed by atoms with Gasteiger partial charge in [0.1, 0.15) is 5.84 Å². The largest absolute Gasteiger partial charge is 0.300 e. The van der Waals surface area contributed by atoms with Gasteiger partial charge in [-0.2, -0.15) is 0 Å². The third kappa shape index (κ3) is 3.00. The second-order valence-electron chi connectivity index (χ2n) is 5.05. The average Bonchev–Trinajstić information content (AvgIpc) is 3.23. The van der Waals surface area contributed by atoms with Crippen LogP contribution in [0.2, 0.25) is 5.15 Å². The lowest BCUT2D eigenvalue weighted by Gasteiger charge is -2.02. The summed E-state index contributed by atoms with van der Waals surface area (Å²) in [6.45, 7) is 0. The van der Waals surface area contributed by atoms with Crippen LogP contribution in [0.4, 0.5) is 23.7 Å². The van der Waals surface area contributed by atoms with E-state index in [-0.39, 0.29) is 16.7 Å². The molecule has 0 saturated carbocycles. The smallest absolute Gasteiger partial charge is 0.289 e. The predicted octanol–water partition coefficient (Wildman–Crippen LogP) is 4.99. The maximum atomic E-state index is 13.4. The summed E-state index contributed by atoms with van der Waals surface area (Å²) in [6.07, 6.45) is 3.36. The highest BCUT2D eigenvalue weighted by Crippen LogP contribution is 2.32. The molecule has 1 aliphatic rings. The number of aliphatic imine (C=N–C) groups is 1. The molecule has 2 aromatic heterocycles. The number of thiazole rings is 1. The van der Waals surface area contributed by atoms with Crippen LogP contribution in [0.5, 0.6) is 0 Å². The number of halogens is 4. The van der Waals surface area contributed by atoms with E-state index in [1.807, 2.05) is 5.38 Å². The second kappa shape index (κ2) is 6.45. The maximum Gasteiger partial charge on any atom is 0.289 e. The van der Waals surface area contributed by atoms with Crippen molar-refractivity contribution in [3.8, 4) is 0 Å². The molecule has 4 rings (SSSR count). The molecule has 3 heterocycles. The van der Waals surface area contributed by atoms with Crippen LogP contribution in [-0.4, -0.2) is 20.5 Å². The molecule has 5 nitrogen and oxygen atoms in total. The second-order valence-corrected chi connectivity index (χ2v) is 7.30. The maximum absolute atomic E-state index is 13.4. The van der Waals surface area contributed by atoms with E-state index >= 15 is 0 Å². The van der Waals surface area contributed by atoms with Gasteiger partial charge in [-0.15, -0.1) is 11.3 Å². The lowest BCUT2D eigenvalue weighted by Crippen LogP contribution is -2.18. The number of carbonyl (C=O) groups excluding carboxylic acids is 1. The van der Waals surface area contributed by atoms with Crippen LogP contribution in [0.1, 0.15) is 5.69 Å². The monoisotopic (exact) mass is 414 g/mol. The number of nitrogens with zero attached hydrogens (tertiary/aromatic N) is 3. The van der Waals surface area contributed by atoms with E-state index in [1.165, 1.54) is 11.3 Å². The number of carbonyl (C=O) groups is 1. The van der Waals surface area contributed by atoms with Gasteiger partial charge in [-0.1, -0.05) is 11.6 Å². The average molecular weight is 415 g/mol. The van der Waals surface area contributed by atoms with Crippen molar-refractivity contribution in [3.05, 3.63) is 56.9 Å². The summed E-state index contributed by atoms with van der Waals surface area (Å²) in [5, 5.41) is 4.12. The molecule has 0 bridgehead atoms. The number of amides is 1. The fourth-order valence-corrected chi connectivity index (χ4v) is 3.99. The fourth-order valence-electron chi connectivity index (χ4n) is 2.28. The number of imidazole rings is 1. The molecule has 1 aliphatic heterocycles. The molecule has 132 valence electrons. The molecule has 1 amide bonds. The van der Waals surface area contributed by atoms with Crippen molar-refractivity contribution in [2.24, 2.45) is 4.99 Å². The SMILES string of the molecule is O=C1NC(=Nc2cc(F)c(F)c(F)c2)/C(=C/c2c(Cl)nc3sccn23)S1. The van der Waals surface area contributed by atoms with Gasteiger partial charge in [-0.25, -0.2) is 23.1 Å². The van der Waals surface area contributed by atoms with Crippen LogP contribution in [0.15, 0.2) is 33.6 Å². The molecular formula is C15H6ClF3N4OS2. The third-order valence-electron chi connectivity index (χ3n) is 3.39. The van der Waals surface area contributed by atoms with Crippen LogP contribution in [0.25, 0.3) is 11.0 Å². The van der Waals surface area contributed by atoms with Gasteiger partial charge < -0.3 is 5.32 Å². The Morgan fingerprint density at radius 3 is 2.73 bits per heavy atom. The van der Waals surface area contributed by atoms with Crippen molar-refractivity contribution in [1.82, 2.24) is 14.7 Å². The van der Waals surface area contributed by atoms with Crippen molar-refractivity contribution in [3.63, 3.8) is 0 Å². The molecule has 0 radical (unpaired) electrons. The van der Waals surface area contributed by atoms with Gasteiger partial charge in [0.15, 0.2) is 27.6 Å². The standard InChI is InChI=1S/C15H6ClF3N4OS2/c16-12-9(23-1-2-25-14(23)21-12)5-10-13(22-15(24)26-10)20-6-3-7(17)11(19)8(18)4-6/h1-5H,(H,20,22,24)/b10-5-. The number of hydrogen-bond donors (Lipinski definition) is 1. The van der Waals surface area contributed by atoms with E-state index in [0.717, 1.165) is 23.9 Å². The number of nitrogens with one attached hydrogen (secondary N) is 1. The zero-order valence-corrected chi connectivity index (χ0v) is 14.9. The first kappa shape index (κ1) is 17.1. The summed E-state index contributed by atoms with van der Waals surface area (Å²) in [7, 11) is 0. The minimum absolute atomic E-state index is 0.0756. The molecule has 0 spiro atoms. The van der Waals surface area contributed by atoms with Gasteiger partial charge in [0.05, 0.1) is 16.3 Å². The topological polar surface area (TPSA) is 58.8 Å². The summed E-state index contributed by atoms with van der Waals surface area (Å²) in [5.74, 6) is -4.25. The number of thioether (sulfide) groups is 1. The molecule has 0 unspecified atom stereocenters. The Bertz CT molecular complexity index is 1100. The Labute approximate surface area is 157 Å². The van der Waals surface area contributed by atoms with E-state index in [9.17, 15) is 18.0 Å². The summed E-state index contributed by atoms with van der Waals surface area (Å²) >= 11 is 8.36. The molecule has 0 aliphatic carbocycles. The highest BCUT2D eigenvalue weighted by molar-refractivity contribution is 8.18. The first-order chi connectivity index (χ1) is 12.4. The van der Waals surface area contributed by atoms with Gasteiger partial charge in [0, 0.05) is 23.7 Å². The van der Waals surface area contributed by atoms with Crippen molar-refractivity contribution in [2.45, 2.75) is 0 Å². The first-order valence-corrected chi connectivity index (χ1v) is 9.05. The number of hydrogen-bond acceptors (Lipinski definition) is 5. The molecule has 1 fully saturated rings. The summed E-state index contributed by atoms with van der Waals surface area (Å²) < 4.78 is 41.5. The van der Waals surface area contributed by atoms with Crippen molar-refractivity contribution >= 4 is 62.5 Å². The molecule has 0 atom stereocenters. The number of aromatic nitrogens is 2. The fraction of sp³-hybridized carbons (Fsp3) is 0. The Balaban J connectivity index is 1.79. The highest BCUT2D eigenvalue weighted by Gasteiger charge is 2.25. The number of amidine groups is 1. The molecule has 3 aromatic rings. The van der Waals surface area contributed by atoms with Crippen molar-refractivity contribution < 1.29 is 18.0 Å². The Hall–Kier alpha value is -2.30. The van der Waals surface area contributed by atoms with Crippen LogP contribution >= 0.6 is 34.7 Å². The number of benzene rings is 1. The normalized spacial score (nSPS) is 17.6. The van der Waals surface area contributed by atoms with Crippen LogP contribution in [-0.2, 0) is 0 Å². The van der Waals surface area contributed by atoms with Gasteiger partial charge in [-0.05, 0) is 17.8 Å². The molecule has 1 saturated heterocycles. The Morgan fingerprint density at radius 2 is 2.00 bits per heavy atom. The molecule has 1 N–H and O–H groups in total. The van der Waals surface area contributed by atoms with Crippen LogP contribution < -0.4 is 5.32 Å². The van der Waals surface area contributed by atoms with Crippen LogP contribution in [0.3, 0.4) is 0 Å². The van der Waals surface area contributed by atoms with E-state index in [1.54, 1.807) is 16.7 Å². The third-order valence-corrected chi connectivity index (χ3v) is 5.24. The molecule has 1 aromatic carbocycles. The zero-order chi connectivity index (χ0) is 18.4. The van der Waals surface area contributed by atoms with E-state index in [4.69, 9.17) is 11.6 Å². The van der Waals surface area contributed by atoms with Crippen molar-refractivity contribution in [2.75, 3.05) is 0 Å². The first-order valence-electron chi connectivity index (χ1n) is 6.97. The van der Waals surface area contributed by atoms with E-state index < -0.39 is 22.7 Å². The Morgan fingerprint density at radius 1 is 1.27 bits per heavy atom. The van der Waals surface area contributed by atoms with E-state index in [2.05, 4.69) is 15.3 Å². The van der Waals surface area contributed by atoms with Crippen molar-refractivity contribution in [1.29, 1.82) is 0 Å². The lowest BCUT2D eigenvalue weighted by atomic mass is 10.3. The summed E-state index contributed by atoms with van der Waals surface area (Å²) in [4.78, 5) is 21.0. The quantitative estimate of drug-likeness (QED) is 0.601. The Kier molecular flexibility index (Phi) is 4.25. The van der Waals surface area contributed by atoms with E-state index in [0.29, 0.717) is 15.6 Å². The minimum Gasteiger partial charge on any atom is -0.300 e. The lowest BCUT2D eigenvalue weighted by molar-refractivity contribution is 0.265. The van der Waals surface area contributed by atoms with Gasteiger partial charge in [-0.3, -0.25) is 9.20 Å². The molecule has 26 heavy (non-hydrogen) atoms.